The van der Waals surface area contributed by atoms with Gasteiger partial charge in [0.2, 0.25) is 0 Å². The van der Waals surface area contributed by atoms with E-state index in [1.165, 1.54) is 10.7 Å². The van der Waals surface area contributed by atoms with E-state index in [0.717, 1.165) is 16.7 Å². The second-order valence-electron chi connectivity index (χ2n) is 6.61. The standard InChI is InChI=1S/C19H20ClN3O2/c1-12-6-13(2)8-14(7-12)19(3,25)10-16-11-23(22-21-16)17-5-4-15(20)9-18(17)24/h4-9,11,24-25H,10H2,1-3H3. The molecular formula is C19H20ClN3O2. The van der Waals surface area contributed by atoms with Crippen molar-refractivity contribution in [1.29, 1.82) is 0 Å². The van der Waals surface area contributed by atoms with Crippen molar-refractivity contribution in [3.8, 4) is 11.4 Å². The highest BCUT2D eigenvalue weighted by atomic mass is 35.5. The van der Waals surface area contributed by atoms with Gasteiger partial charge in [0.05, 0.1) is 17.5 Å². The number of hydrogen-bond acceptors (Lipinski definition) is 4. The van der Waals surface area contributed by atoms with Crippen LogP contribution in [0.5, 0.6) is 5.75 Å². The number of nitrogens with zero attached hydrogens (tertiary/aromatic N) is 3. The number of halogens is 1. The van der Waals surface area contributed by atoms with Crippen LogP contribution in [0.4, 0.5) is 0 Å². The maximum Gasteiger partial charge on any atom is 0.142 e. The molecule has 130 valence electrons. The van der Waals surface area contributed by atoms with Crippen LogP contribution in [0.2, 0.25) is 5.02 Å². The molecule has 0 saturated heterocycles. The van der Waals surface area contributed by atoms with Gasteiger partial charge in [-0.05, 0) is 38.5 Å². The molecule has 1 aromatic heterocycles. The van der Waals surface area contributed by atoms with Crippen LogP contribution in [-0.2, 0) is 12.0 Å². The largest absolute Gasteiger partial charge is 0.506 e. The number of phenols is 1. The van der Waals surface area contributed by atoms with Crippen molar-refractivity contribution in [3.63, 3.8) is 0 Å². The molecule has 2 N–H and O–H groups in total. The summed E-state index contributed by atoms with van der Waals surface area (Å²) < 4.78 is 1.47. The Bertz CT molecular complexity index is 899. The molecule has 0 spiro atoms. The van der Waals surface area contributed by atoms with E-state index in [9.17, 15) is 10.2 Å². The van der Waals surface area contributed by atoms with Gasteiger partial charge in [0.25, 0.3) is 0 Å². The zero-order valence-corrected chi connectivity index (χ0v) is 15.1. The summed E-state index contributed by atoms with van der Waals surface area (Å²) in [5.41, 5.74) is 3.08. The van der Waals surface area contributed by atoms with Crippen LogP contribution >= 0.6 is 11.6 Å². The van der Waals surface area contributed by atoms with Gasteiger partial charge in [-0.15, -0.1) is 5.10 Å². The second-order valence-corrected chi connectivity index (χ2v) is 7.05. The predicted octanol–water partition coefficient (Wildman–Crippen LogP) is 3.69. The molecule has 5 nitrogen and oxygen atoms in total. The molecule has 3 aromatic rings. The van der Waals surface area contributed by atoms with E-state index < -0.39 is 5.60 Å². The summed E-state index contributed by atoms with van der Waals surface area (Å²) in [5.74, 6) is 0.0185. The summed E-state index contributed by atoms with van der Waals surface area (Å²) in [6.45, 7) is 5.78. The lowest BCUT2D eigenvalue weighted by molar-refractivity contribution is 0.0564. The van der Waals surface area contributed by atoms with Gasteiger partial charge in [0.1, 0.15) is 11.4 Å². The number of rotatable bonds is 4. The van der Waals surface area contributed by atoms with Crippen LogP contribution < -0.4 is 0 Å². The highest BCUT2D eigenvalue weighted by Gasteiger charge is 2.26. The third kappa shape index (κ3) is 3.83. The molecule has 1 heterocycles. The quantitative estimate of drug-likeness (QED) is 0.747. The minimum Gasteiger partial charge on any atom is -0.506 e. The highest BCUT2D eigenvalue weighted by Crippen LogP contribution is 2.28. The zero-order valence-electron chi connectivity index (χ0n) is 14.4. The Balaban J connectivity index is 1.87. The number of hydrogen-bond donors (Lipinski definition) is 2. The van der Waals surface area contributed by atoms with E-state index in [0.29, 0.717) is 22.8 Å². The smallest absolute Gasteiger partial charge is 0.142 e. The Morgan fingerprint density at radius 2 is 1.80 bits per heavy atom. The molecule has 3 rings (SSSR count). The van der Waals surface area contributed by atoms with E-state index in [4.69, 9.17) is 11.6 Å². The van der Waals surface area contributed by atoms with Gasteiger partial charge in [-0.2, -0.15) is 0 Å². The predicted molar refractivity (Wildman–Crippen MR) is 97.2 cm³/mol. The number of phenolic OH excluding ortho intramolecular Hbond substituents is 1. The SMILES string of the molecule is Cc1cc(C)cc(C(C)(O)Cc2cn(-c3ccc(Cl)cc3O)nn2)c1. The molecule has 0 aliphatic rings. The van der Waals surface area contributed by atoms with Gasteiger partial charge in [-0.1, -0.05) is 46.1 Å². The molecule has 0 bridgehead atoms. The summed E-state index contributed by atoms with van der Waals surface area (Å²) in [6, 6.07) is 10.8. The highest BCUT2D eigenvalue weighted by molar-refractivity contribution is 6.30. The minimum atomic E-state index is -1.07. The van der Waals surface area contributed by atoms with Gasteiger partial charge in [0.15, 0.2) is 0 Å². The first kappa shape index (κ1) is 17.5. The fourth-order valence-corrected chi connectivity index (χ4v) is 3.09. The van der Waals surface area contributed by atoms with Crippen LogP contribution in [0.25, 0.3) is 5.69 Å². The van der Waals surface area contributed by atoms with Crippen molar-refractivity contribution in [2.24, 2.45) is 0 Å². The first-order valence-electron chi connectivity index (χ1n) is 7.96. The van der Waals surface area contributed by atoms with Crippen molar-refractivity contribution in [2.45, 2.75) is 32.8 Å². The van der Waals surface area contributed by atoms with Gasteiger partial charge in [-0.25, -0.2) is 4.68 Å². The molecule has 0 aliphatic heterocycles. The lowest BCUT2D eigenvalue weighted by Gasteiger charge is -2.23. The maximum absolute atomic E-state index is 10.9. The normalized spacial score (nSPS) is 13.6. The van der Waals surface area contributed by atoms with Gasteiger partial charge >= 0.3 is 0 Å². The summed E-state index contributed by atoms with van der Waals surface area (Å²) in [6.07, 6.45) is 2.00. The summed E-state index contributed by atoms with van der Waals surface area (Å²) in [7, 11) is 0. The lowest BCUT2D eigenvalue weighted by atomic mass is 9.89. The number of aliphatic hydroxyl groups is 1. The lowest BCUT2D eigenvalue weighted by Crippen LogP contribution is -2.24. The molecule has 2 aromatic carbocycles. The number of aryl methyl sites for hydroxylation is 2. The Morgan fingerprint density at radius 1 is 1.12 bits per heavy atom. The Morgan fingerprint density at radius 3 is 2.44 bits per heavy atom. The Hall–Kier alpha value is -2.37. The topological polar surface area (TPSA) is 71.2 Å². The third-order valence-electron chi connectivity index (χ3n) is 4.09. The van der Waals surface area contributed by atoms with Crippen molar-refractivity contribution < 1.29 is 10.2 Å². The number of aromatic hydroxyl groups is 1. The molecular weight excluding hydrogens is 338 g/mol. The van der Waals surface area contributed by atoms with Gasteiger partial charge < -0.3 is 10.2 Å². The number of aromatic nitrogens is 3. The average molecular weight is 358 g/mol. The monoisotopic (exact) mass is 357 g/mol. The third-order valence-corrected chi connectivity index (χ3v) is 4.33. The van der Waals surface area contributed by atoms with Crippen LogP contribution in [0, 0.1) is 13.8 Å². The second kappa shape index (κ2) is 6.50. The zero-order chi connectivity index (χ0) is 18.2. The van der Waals surface area contributed by atoms with Crippen LogP contribution in [0.1, 0.15) is 29.3 Å². The Labute approximate surface area is 151 Å². The van der Waals surface area contributed by atoms with Crippen molar-refractivity contribution >= 4 is 11.6 Å². The fraction of sp³-hybridized carbons (Fsp3) is 0.263. The molecule has 1 unspecified atom stereocenters. The van der Waals surface area contributed by atoms with Gasteiger partial charge in [-0.3, -0.25) is 0 Å². The van der Waals surface area contributed by atoms with E-state index in [1.54, 1.807) is 25.3 Å². The molecule has 0 aliphatic carbocycles. The summed E-state index contributed by atoms with van der Waals surface area (Å²) >= 11 is 5.85. The molecule has 0 radical (unpaired) electrons. The first-order valence-corrected chi connectivity index (χ1v) is 8.34. The van der Waals surface area contributed by atoms with Crippen LogP contribution in [-0.4, -0.2) is 25.2 Å². The fourth-order valence-electron chi connectivity index (χ4n) is 2.93. The van der Waals surface area contributed by atoms with Crippen molar-refractivity contribution in [1.82, 2.24) is 15.0 Å². The van der Waals surface area contributed by atoms with Crippen LogP contribution in [0.15, 0.2) is 42.6 Å². The number of benzene rings is 2. The van der Waals surface area contributed by atoms with Crippen molar-refractivity contribution in [2.75, 3.05) is 0 Å². The minimum absolute atomic E-state index is 0.0185. The van der Waals surface area contributed by atoms with E-state index >= 15 is 0 Å². The molecule has 0 saturated carbocycles. The van der Waals surface area contributed by atoms with E-state index in [2.05, 4.69) is 16.4 Å². The molecule has 6 heteroatoms. The average Bonchev–Trinajstić information content (AvgIpc) is 2.93. The molecule has 0 fully saturated rings. The van der Waals surface area contributed by atoms with Crippen molar-refractivity contribution in [3.05, 3.63) is 70.0 Å². The molecule has 0 amide bonds. The summed E-state index contributed by atoms with van der Waals surface area (Å²) in [4.78, 5) is 0. The van der Waals surface area contributed by atoms with Gasteiger partial charge in [0, 0.05) is 17.5 Å². The molecule has 25 heavy (non-hydrogen) atoms. The van der Waals surface area contributed by atoms with E-state index in [-0.39, 0.29) is 5.75 Å². The summed E-state index contributed by atoms with van der Waals surface area (Å²) in [5, 5.41) is 29.5. The van der Waals surface area contributed by atoms with E-state index in [1.807, 2.05) is 26.0 Å². The molecule has 1 atom stereocenters. The van der Waals surface area contributed by atoms with Crippen LogP contribution in [0.3, 0.4) is 0 Å². The first-order chi connectivity index (χ1) is 11.7. The Kier molecular flexibility index (Phi) is 4.54. The maximum atomic E-state index is 10.9.